The second-order valence-electron chi connectivity index (χ2n) is 4.14. The van der Waals surface area contributed by atoms with Crippen molar-refractivity contribution in [1.82, 2.24) is 10.3 Å². The van der Waals surface area contributed by atoms with E-state index in [1.54, 1.807) is 36.7 Å². The molecule has 4 heteroatoms. The van der Waals surface area contributed by atoms with Crippen LogP contribution in [0, 0.1) is 18.3 Å². The molecule has 0 aliphatic rings. The van der Waals surface area contributed by atoms with Gasteiger partial charge in [-0.25, -0.2) is 0 Å². The maximum absolute atomic E-state index is 12.1. The minimum atomic E-state index is -0.694. The number of benzene rings is 1. The monoisotopic (exact) mass is 251 g/mol. The molecule has 1 amide bonds. The summed E-state index contributed by atoms with van der Waals surface area (Å²) in [6, 6.07) is 12.1. The van der Waals surface area contributed by atoms with Crippen LogP contribution < -0.4 is 5.32 Å². The Morgan fingerprint density at radius 2 is 2.11 bits per heavy atom. The summed E-state index contributed by atoms with van der Waals surface area (Å²) < 4.78 is 0. The number of nitrogens with one attached hydrogen (secondary N) is 1. The summed E-state index contributed by atoms with van der Waals surface area (Å²) in [5.74, 6) is -0.256. The van der Waals surface area contributed by atoms with Gasteiger partial charge in [-0.2, -0.15) is 5.26 Å². The Balaban J connectivity index is 2.19. The van der Waals surface area contributed by atoms with Gasteiger partial charge >= 0.3 is 0 Å². The Bertz CT molecular complexity index is 617. The van der Waals surface area contributed by atoms with E-state index < -0.39 is 6.04 Å². The number of nitrogens with zero attached hydrogens (tertiary/aromatic N) is 2. The van der Waals surface area contributed by atoms with E-state index in [-0.39, 0.29) is 5.91 Å². The van der Waals surface area contributed by atoms with Gasteiger partial charge in [0, 0.05) is 23.5 Å². The van der Waals surface area contributed by atoms with Crippen LogP contribution in [0.15, 0.2) is 48.8 Å². The highest BCUT2D eigenvalue weighted by Gasteiger charge is 2.16. The van der Waals surface area contributed by atoms with Crippen LogP contribution >= 0.6 is 0 Å². The van der Waals surface area contributed by atoms with Gasteiger partial charge in [-0.15, -0.1) is 0 Å². The zero-order chi connectivity index (χ0) is 13.7. The van der Waals surface area contributed by atoms with E-state index in [1.807, 2.05) is 19.1 Å². The third kappa shape index (κ3) is 2.96. The second-order valence-corrected chi connectivity index (χ2v) is 4.14. The van der Waals surface area contributed by atoms with Gasteiger partial charge in [0.2, 0.25) is 0 Å². The lowest BCUT2D eigenvalue weighted by molar-refractivity contribution is 0.0944. The maximum atomic E-state index is 12.1. The fourth-order valence-corrected chi connectivity index (χ4v) is 1.77. The molecular formula is C15H13N3O. The largest absolute Gasteiger partial charge is 0.332 e. The first-order valence-corrected chi connectivity index (χ1v) is 5.88. The molecule has 19 heavy (non-hydrogen) atoms. The lowest BCUT2D eigenvalue weighted by Crippen LogP contribution is -2.28. The first-order chi connectivity index (χ1) is 9.22. The average molecular weight is 251 g/mol. The van der Waals surface area contributed by atoms with Crippen molar-refractivity contribution in [3.8, 4) is 6.07 Å². The van der Waals surface area contributed by atoms with Crippen LogP contribution in [0.5, 0.6) is 0 Å². The molecule has 0 bridgehead atoms. The van der Waals surface area contributed by atoms with Crippen LogP contribution in [0.3, 0.4) is 0 Å². The molecule has 1 aromatic heterocycles. The average Bonchev–Trinajstić information content (AvgIpc) is 2.46. The van der Waals surface area contributed by atoms with Crippen LogP contribution in [0.25, 0.3) is 0 Å². The summed E-state index contributed by atoms with van der Waals surface area (Å²) >= 11 is 0. The number of hydrogen-bond donors (Lipinski definition) is 1. The van der Waals surface area contributed by atoms with E-state index in [0.29, 0.717) is 11.1 Å². The van der Waals surface area contributed by atoms with E-state index >= 15 is 0 Å². The molecular weight excluding hydrogens is 238 g/mol. The normalized spacial score (nSPS) is 11.4. The van der Waals surface area contributed by atoms with Crippen LogP contribution in [-0.2, 0) is 0 Å². The van der Waals surface area contributed by atoms with E-state index in [0.717, 1.165) is 5.56 Å². The minimum Gasteiger partial charge on any atom is -0.332 e. The number of amides is 1. The fraction of sp³-hybridized carbons (Fsp3) is 0.133. The van der Waals surface area contributed by atoms with Crippen LogP contribution in [0.2, 0.25) is 0 Å². The molecule has 0 aliphatic heterocycles. The van der Waals surface area contributed by atoms with E-state index in [2.05, 4.69) is 16.4 Å². The Hall–Kier alpha value is -2.67. The summed E-state index contributed by atoms with van der Waals surface area (Å²) in [5, 5.41) is 11.9. The molecule has 1 heterocycles. The van der Waals surface area contributed by atoms with E-state index in [9.17, 15) is 4.79 Å². The zero-order valence-electron chi connectivity index (χ0n) is 10.5. The summed E-state index contributed by atoms with van der Waals surface area (Å²) in [6.07, 6.45) is 3.20. The summed E-state index contributed by atoms with van der Waals surface area (Å²) in [5.41, 5.74) is 2.13. The third-order valence-electron chi connectivity index (χ3n) is 2.81. The van der Waals surface area contributed by atoms with Crippen LogP contribution in [0.1, 0.15) is 27.5 Å². The summed E-state index contributed by atoms with van der Waals surface area (Å²) in [7, 11) is 0. The standard InChI is InChI=1S/C15H13N3O/c1-11-5-2-3-7-13(11)15(19)18-14(9-16)12-6-4-8-17-10-12/h2-8,10,14H,1H3,(H,18,19). The number of hydrogen-bond acceptors (Lipinski definition) is 3. The van der Waals surface area contributed by atoms with Gasteiger partial charge in [0.15, 0.2) is 0 Å². The van der Waals surface area contributed by atoms with Crippen molar-refractivity contribution in [3.63, 3.8) is 0 Å². The number of carbonyl (C=O) groups excluding carboxylic acids is 1. The topological polar surface area (TPSA) is 65.8 Å². The highest BCUT2D eigenvalue weighted by Crippen LogP contribution is 2.13. The Morgan fingerprint density at radius 3 is 2.74 bits per heavy atom. The molecule has 1 N–H and O–H groups in total. The predicted octanol–water partition coefficient (Wildman–Crippen LogP) is 2.38. The van der Waals surface area contributed by atoms with Gasteiger partial charge in [-0.05, 0) is 24.6 Å². The second kappa shape index (κ2) is 5.78. The highest BCUT2D eigenvalue weighted by molar-refractivity contribution is 5.96. The molecule has 4 nitrogen and oxygen atoms in total. The Kier molecular flexibility index (Phi) is 3.89. The van der Waals surface area contributed by atoms with Crippen LogP contribution in [-0.4, -0.2) is 10.9 Å². The van der Waals surface area contributed by atoms with Gasteiger partial charge in [-0.1, -0.05) is 24.3 Å². The van der Waals surface area contributed by atoms with Gasteiger partial charge in [0.1, 0.15) is 6.04 Å². The zero-order valence-corrected chi connectivity index (χ0v) is 10.5. The van der Waals surface area contributed by atoms with Gasteiger partial charge < -0.3 is 5.32 Å². The lowest BCUT2D eigenvalue weighted by atomic mass is 10.1. The molecule has 0 saturated carbocycles. The number of nitriles is 1. The van der Waals surface area contributed by atoms with Crippen molar-refractivity contribution < 1.29 is 4.79 Å². The van der Waals surface area contributed by atoms with Crippen molar-refractivity contribution in [2.75, 3.05) is 0 Å². The van der Waals surface area contributed by atoms with E-state index in [1.165, 1.54) is 0 Å². The molecule has 2 aromatic rings. The highest BCUT2D eigenvalue weighted by atomic mass is 16.1. The molecule has 0 radical (unpaired) electrons. The molecule has 0 fully saturated rings. The minimum absolute atomic E-state index is 0.256. The summed E-state index contributed by atoms with van der Waals surface area (Å²) in [6.45, 7) is 1.86. The summed E-state index contributed by atoms with van der Waals surface area (Å²) in [4.78, 5) is 16.1. The number of carbonyl (C=O) groups is 1. The first-order valence-electron chi connectivity index (χ1n) is 5.88. The molecule has 94 valence electrons. The van der Waals surface area contributed by atoms with Crippen molar-refractivity contribution >= 4 is 5.91 Å². The lowest BCUT2D eigenvalue weighted by Gasteiger charge is -2.12. The fourth-order valence-electron chi connectivity index (χ4n) is 1.77. The molecule has 1 aromatic carbocycles. The SMILES string of the molecule is Cc1ccccc1C(=O)NC(C#N)c1cccnc1. The van der Waals surface area contributed by atoms with Crippen molar-refractivity contribution in [2.24, 2.45) is 0 Å². The van der Waals surface area contributed by atoms with Crippen molar-refractivity contribution in [3.05, 3.63) is 65.5 Å². The maximum Gasteiger partial charge on any atom is 0.252 e. The molecule has 0 saturated heterocycles. The molecule has 0 aliphatic carbocycles. The Labute approximate surface area is 111 Å². The van der Waals surface area contributed by atoms with Gasteiger partial charge in [-0.3, -0.25) is 9.78 Å². The third-order valence-corrected chi connectivity index (χ3v) is 2.81. The van der Waals surface area contributed by atoms with E-state index in [4.69, 9.17) is 5.26 Å². The van der Waals surface area contributed by atoms with Crippen LogP contribution in [0.4, 0.5) is 0 Å². The van der Waals surface area contributed by atoms with Gasteiger partial charge in [0.05, 0.1) is 6.07 Å². The molecule has 1 atom stereocenters. The van der Waals surface area contributed by atoms with Crippen molar-refractivity contribution in [1.29, 1.82) is 5.26 Å². The quantitative estimate of drug-likeness (QED) is 0.910. The number of aryl methyl sites for hydroxylation is 1. The Morgan fingerprint density at radius 1 is 1.32 bits per heavy atom. The van der Waals surface area contributed by atoms with Gasteiger partial charge in [0.25, 0.3) is 5.91 Å². The van der Waals surface area contributed by atoms with Crippen molar-refractivity contribution in [2.45, 2.75) is 13.0 Å². The molecule has 1 unspecified atom stereocenters. The predicted molar refractivity (Wildman–Crippen MR) is 71.2 cm³/mol. The smallest absolute Gasteiger partial charge is 0.252 e. The number of rotatable bonds is 3. The number of aromatic nitrogens is 1. The first kappa shape index (κ1) is 12.8. The molecule has 2 rings (SSSR count). The molecule has 0 spiro atoms. The number of pyridine rings is 1.